The molecule has 0 radical (unpaired) electrons. The van der Waals surface area contributed by atoms with Crippen LogP contribution in [0.1, 0.15) is 25.3 Å². The van der Waals surface area contributed by atoms with E-state index in [-0.39, 0.29) is 18.4 Å². The van der Waals surface area contributed by atoms with Gasteiger partial charge in [-0.15, -0.1) is 12.4 Å². The molecule has 0 bridgehead atoms. The summed E-state index contributed by atoms with van der Waals surface area (Å²) in [6.45, 7) is 3.13. The van der Waals surface area contributed by atoms with Gasteiger partial charge >= 0.3 is 5.97 Å². The molecule has 1 atom stereocenters. The number of rotatable bonds is 3. The molecule has 2 rings (SSSR count). The summed E-state index contributed by atoms with van der Waals surface area (Å²) in [4.78, 5) is 12.1. The predicted molar refractivity (Wildman–Crippen MR) is 69.2 cm³/mol. The van der Waals surface area contributed by atoms with Crippen molar-refractivity contribution in [2.24, 2.45) is 0 Å². The van der Waals surface area contributed by atoms with Gasteiger partial charge in [-0.25, -0.2) is 4.79 Å². The van der Waals surface area contributed by atoms with Crippen LogP contribution in [0.4, 0.5) is 0 Å². The van der Waals surface area contributed by atoms with E-state index in [0.29, 0.717) is 6.61 Å². The fourth-order valence-corrected chi connectivity index (χ4v) is 2.26. The minimum Gasteiger partial charge on any atom is -0.464 e. The average Bonchev–Trinajstić information content (AvgIpc) is 2.81. The van der Waals surface area contributed by atoms with Crippen LogP contribution >= 0.6 is 12.4 Å². The minimum atomic E-state index is -0.614. The second kappa shape index (κ2) is 6.03. The third kappa shape index (κ3) is 2.61. The molecule has 1 aliphatic heterocycles. The molecule has 1 N–H and O–H groups in total. The van der Waals surface area contributed by atoms with Crippen LogP contribution in [0.25, 0.3) is 0 Å². The zero-order chi connectivity index (χ0) is 11.4. The van der Waals surface area contributed by atoms with Crippen molar-refractivity contribution in [2.45, 2.75) is 25.3 Å². The third-order valence-corrected chi connectivity index (χ3v) is 3.05. The molecule has 1 saturated heterocycles. The van der Waals surface area contributed by atoms with E-state index in [0.717, 1.165) is 24.9 Å². The number of benzene rings is 1. The Hall–Kier alpha value is -1.06. The highest BCUT2D eigenvalue weighted by molar-refractivity contribution is 5.85. The van der Waals surface area contributed by atoms with Gasteiger partial charge in [0.15, 0.2) is 0 Å². The summed E-state index contributed by atoms with van der Waals surface area (Å²) in [5, 5.41) is 3.30. The standard InChI is InChI=1S/C13H17NO2.ClH/c1-2-16-12(15)13(9-6-10-14-13)11-7-4-3-5-8-11;/h3-5,7-8,14H,2,6,9-10H2,1H3;1H. The highest BCUT2D eigenvalue weighted by Gasteiger charge is 2.43. The molecule has 17 heavy (non-hydrogen) atoms. The molecular weight excluding hydrogens is 238 g/mol. The van der Waals surface area contributed by atoms with Crippen LogP contribution in [0.3, 0.4) is 0 Å². The smallest absolute Gasteiger partial charge is 0.330 e. The highest BCUT2D eigenvalue weighted by Crippen LogP contribution is 2.32. The van der Waals surface area contributed by atoms with Crippen LogP contribution in [0, 0.1) is 0 Å². The first kappa shape index (κ1) is 14.0. The van der Waals surface area contributed by atoms with Crippen LogP contribution < -0.4 is 5.32 Å². The Labute approximate surface area is 108 Å². The van der Waals surface area contributed by atoms with Gasteiger partial charge in [-0.3, -0.25) is 5.32 Å². The van der Waals surface area contributed by atoms with Gasteiger partial charge < -0.3 is 4.74 Å². The van der Waals surface area contributed by atoms with Crippen molar-refractivity contribution in [1.29, 1.82) is 0 Å². The quantitative estimate of drug-likeness (QED) is 0.842. The van der Waals surface area contributed by atoms with E-state index in [9.17, 15) is 4.79 Å². The Morgan fingerprint density at radius 3 is 2.65 bits per heavy atom. The van der Waals surface area contributed by atoms with Crippen molar-refractivity contribution in [3.05, 3.63) is 35.9 Å². The lowest BCUT2D eigenvalue weighted by Gasteiger charge is -2.27. The summed E-state index contributed by atoms with van der Waals surface area (Å²) < 4.78 is 5.18. The van der Waals surface area contributed by atoms with Gasteiger partial charge in [0.25, 0.3) is 0 Å². The van der Waals surface area contributed by atoms with Crippen LogP contribution in [0.5, 0.6) is 0 Å². The van der Waals surface area contributed by atoms with Crippen molar-refractivity contribution < 1.29 is 9.53 Å². The number of nitrogens with one attached hydrogen (secondary N) is 1. The van der Waals surface area contributed by atoms with Gasteiger partial charge in [0, 0.05) is 0 Å². The Kier molecular flexibility index (Phi) is 4.97. The van der Waals surface area contributed by atoms with Crippen LogP contribution in [0.15, 0.2) is 30.3 Å². The van der Waals surface area contributed by atoms with Crippen molar-refractivity contribution in [1.82, 2.24) is 5.32 Å². The maximum Gasteiger partial charge on any atom is 0.330 e. The summed E-state index contributed by atoms with van der Waals surface area (Å²) in [6, 6.07) is 9.83. The van der Waals surface area contributed by atoms with Crippen molar-refractivity contribution >= 4 is 18.4 Å². The van der Waals surface area contributed by atoms with Crippen molar-refractivity contribution in [3.63, 3.8) is 0 Å². The van der Waals surface area contributed by atoms with Crippen LogP contribution in [0.2, 0.25) is 0 Å². The number of hydrogen-bond acceptors (Lipinski definition) is 3. The number of hydrogen-bond donors (Lipinski definition) is 1. The van der Waals surface area contributed by atoms with E-state index < -0.39 is 5.54 Å². The average molecular weight is 256 g/mol. The molecule has 94 valence electrons. The van der Waals surface area contributed by atoms with E-state index in [1.54, 1.807) is 0 Å². The van der Waals surface area contributed by atoms with Gasteiger partial charge in [-0.1, -0.05) is 30.3 Å². The van der Waals surface area contributed by atoms with E-state index >= 15 is 0 Å². The molecule has 1 aromatic carbocycles. The van der Waals surface area contributed by atoms with E-state index in [4.69, 9.17) is 4.74 Å². The Bertz CT molecular complexity index is 361. The molecule has 1 fully saturated rings. The maximum atomic E-state index is 12.1. The Balaban J connectivity index is 0.00000144. The predicted octanol–water partition coefficient (Wildman–Crippen LogP) is 2.25. The number of halogens is 1. The van der Waals surface area contributed by atoms with E-state index in [1.165, 1.54) is 0 Å². The minimum absolute atomic E-state index is 0. The van der Waals surface area contributed by atoms with Crippen LogP contribution in [-0.4, -0.2) is 19.1 Å². The Morgan fingerprint density at radius 2 is 2.12 bits per heavy atom. The molecule has 0 aliphatic carbocycles. The molecule has 3 nitrogen and oxygen atoms in total. The van der Waals surface area contributed by atoms with Gasteiger partial charge in [-0.2, -0.15) is 0 Å². The summed E-state index contributed by atoms with van der Waals surface area (Å²) in [6.07, 6.45) is 1.82. The second-order valence-electron chi connectivity index (χ2n) is 4.02. The largest absolute Gasteiger partial charge is 0.464 e. The van der Waals surface area contributed by atoms with Gasteiger partial charge in [0.05, 0.1) is 6.61 Å². The molecule has 0 spiro atoms. The van der Waals surface area contributed by atoms with E-state index in [2.05, 4.69) is 5.32 Å². The summed E-state index contributed by atoms with van der Waals surface area (Å²) in [7, 11) is 0. The fraction of sp³-hybridized carbons (Fsp3) is 0.462. The molecule has 1 aliphatic rings. The maximum absolute atomic E-state index is 12.1. The molecule has 1 heterocycles. The summed E-state index contributed by atoms with van der Waals surface area (Å²) >= 11 is 0. The zero-order valence-corrected chi connectivity index (χ0v) is 10.8. The first-order valence-corrected chi connectivity index (χ1v) is 5.77. The number of carbonyl (C=O) groups excluding carboxylic acids is 1. The lowest BCUT2D eigenvalue weighted by Crippen LogP contribution is -2.45. The molecule has 0 aromatic heterocycles. The molecular formula is C13H18ClNO2. The van der Waals surface area contributed by atoms with Crippen molar-refractivity contribution in [3.8, 4) is 0 Å². The SMILES string of the molecule is CCOC(=O)C1(c2ccccc2)CCCN1.Cl. The van der Waals surface area contributed by atoms with Crippen LogP contribution in [-0.2, 0) is 15.1 Å². The zero-order valence-electron chi connectivity index (χ0n) is 9.94. The normalized spacial score (nSPS) is 22.9. The van der Waals surface area contributed by atoms with Gasteiger partial charge in [0.2, 0.25) is 0 Å². The fourth-order valence-electron chi connectivity index (χ4n) is 2.26. The molecule has 0 amide bonds. The van der Waals surface area contributed by atoms with Crippen molar-refractivity contribution in [2.75, 3.05) is 13.2 Å². The van der Waals surface area contributed by atoms with Gasteiger partial charge in [0.1, 0.15) is 5.54 Å². The summed E-state index contributed by atoms with van der Waals surface area (Å²) in [5.41, 5.74) is 0.392. The van der Waals surface area contributed by atoms with Gasteiger partial charge in [-0.05, 0) is 31.9 Å². The molecule has 1 aromatic rings. The lowest BCUT2D eigenvalue weighted by atomic mass is 9.88. The second-order valence-corrected chi connectivity index (χ2v) is 4.02. The monoisotopic (exact) mass is 255 g/mol. The molecule has 4 heteroatoms. The first-order valence-electron chi connectivity index (χ1n) is 5.77. The Morgan fingerprint density at radius 1 is 1.41 bits per heavy atom. The number of carbonyl (C=O) groups is 1. The topological polar surface area (TPSA) is 38.3 Å². The first-order chi connectivity index (χ1) is 7.79. The van der Waals surface area contributed by atoms with E-state index in [1.807, 2.05) is 37.3 Å². The highest BCUT2D eigenvalue weighted by atomic mass is 35.5. The summed E-state index contributed by atoms with van der Waals surface area (Å²) in [5.74, 6) is -0.154. The number of esters is 1. The third-order valence-electron chi connectivity index (χ3n) is 3.05. The number of ether oxygens (including phenoxy) is 1. The molecule has 1 unspecified atom stereocenters. The lowest BCUT2D eigenvalue weighted by molar-refractivity contribution is -0.151. The molecule has 0 saturated carbocycles.